The van der Waals surface area contributed by atoms with Gasteiger partial charge in [0.2, 0.25) is 0 Å². The maximum Gasteiger partial charge on any atom is 0.321 e. The zero-order chi connectivity index (χ0) is 19.7. The average Bonchev–Trinajstić information content (AvgIpc) is 2.64. The summed E-state index contributed by atoms with van der Waals surface area (Å²) in [6.45, 7) is 4.00. The van der Waals surface area contributed by atoms with Crippen molar-refractivity contribution in [2.45, 2.75) is 26.2 Å². The lowest BCUT2D eigenvalue weighted by atomic mass is 10.2. The number of nitrogens with zero attached hydrogens (tertiary/aromatic N) is 1. The van der Waals surface area contributed by atoms with Gasteiger partial charge in [0, 0.05) is 25.3 Å². The van der Waals surface area contributed by atoms with Gasteiger partial charge < -0.3 is 10.2 Å². The Hall–Kier alpha value is -2.87. The maximum absolute atomic E-state index is 12.2. The molecule has 27 heavy (non-hydrogen) atoms. The van der Waals surface area contributed by atoms with E-state index in [1.807, 2.05) is 18.6 Å². The minimum Gasteiger partial charge on any atom is -0.331 e. The predicted octanol–water partition coefficient (Wildman–Crippen LogP) is 3.56. The van der Waals surface area contributed by atoms with Crippen molar-refractivity contribution in [1.29, 1.82) is 0 Å². The summed E-state index contributed by atoms with van der Waals surface area (Å²) < 4.78 is 26.5. The van der Waals surface area contributed by atoms with E-state index >= 15 is 0 Å². The monoisotopic (exact) mass is 393 g/mol. The van der Waals surface area contributed by atoms with Gasteiger partial charge in [-0.2, -0.15) is 0 Å². The fourth-order valence-electron chi connectivity index (χ4n) is 1.78. The molecule has 0 radical (unpaired) electrons. The van der Waals surface area contributed by atoms with Crippen LogP contribution in [-0.2, 0) is 10.0 Å². The molecule has 2 aromatic carbocycles. The summed E-state index contributed by atoms with van der Waals surface area (Å²) in [5.41, 5.74) is 0.693. The summed E-state index contributed by atoms with van der Waals surface area (Å²) in [5.74, 6) is -0.708. The molecule has 0 aliphatic carbocycles. The fourth-order valence-corrected chi connectivity index (χ4v) is 2.76. The van der Waals surface area contributed by atoms with E-state index in [2.05, 4.69) is 5.32 Å². The number of carbonyl (C=O) groups excluding carboxylic acids is 2. The third-order valence-electron chi connectivity index (χ3n) is 3.09. The molecule has 0 fully saturated rings. The molecular formula is C19H27N3O4S. The first-order valence-electron chi connectivity index (χ1n) is 8.00. The van der Waals surface area contributed by atoms with Crippen LogP contribution in [0.3, 0.4) is 0 Å². The van der Waals surface area contributed by atoms with Crippen LogP contribution in [0.1, 0.15) is 31.6 Å². The van der Waals surface area contributed by atoms with Crippen LogP contribution in [0.5, 0.6) is 0 Å². The van der Waals surface area contributed by atoms with Crippen molar-refractivity contribution in [3.8, 4) is 0 Å². The number of benzene rings is 2. The number of anilines is 1. The van der Waals surface area contributed by atoms with Crippen molar-refractivity contribution < 1.29 is 18.0 Å². The second-order valence-corrected chi connectivity index (χ2v) is 6.83. The number of nitrogens with one attached hydrogen (secondary N) is 2. The number of hydrogen-bond donors (Lipinski definition) is 2. The molecule has 0 atom stereocenters. The van der Waals surface area contributed by atoms with Crippen LogP contribution < -0.4 is 10.0 Å². The average molecular weight is 394 g/mol. The number of urea groups is 1. The van der Waals surface area contributed by atoms with E-state index in [-0.39, 0.29) is 23.9 Å². The lowest BCUT2D eigenvalue weighted by Crippen LogP contribution is -2.30. The largest absolute Gasteiger partial charge is 0.331 e. The van der Waals surface area contributed by atoms with Gasteiger partial charge in [-0.25, -0.2) is 17.9 Å². The Morgan fingerprint density at radius 3 is 1.89 bits per heavy atom. The summed E-state index contributed by atoms with van der Waals surface area (Å²) >= 11 is 0. The molecule has 0 aliphatic rings. The van der Waals surface area contributed by atoms with E-state index in [0.717, 1.165) is 0 Å². The van der Waals surface area contributed by atoms with E-state index in [1.54, 1.807) is 32.3 Å². The minimum absolute atomic E-state index is 0. The van der Waals surface area contributed by atoms with Gasteiger partial charge in [-0.3, -0.25) is 4.79 Å². The van der Waals surface area contributed by atoms with E-state index in [0.29, 0.717) is 5.69 Å². The molecule has 148 valence electrons. The van der Waals surface area contributed by atoms with E-state index in [1.165, 1.54) is 41.3 Å². The maximum atomic E-state index is 12.2. The van der Waals surface area contributed by atoms with E-state index in [9.17, 15) is 18.0 Å². The van der Waals surface area contributed by atoms with Crippen LogP contribution in [0.2, 0.25) is 0 Å². The number of hydrogen-bond acceptors (Lipinski definition) is 4. The standard InChI is InChI=1S/C16H17N3O4S.C2H6.CH4/c1-19(2)16(21)17-13-8-10-14(11-9-13)24(22,23)18-15(20)12-6-4-3-5-7-12;1-2;/h3-11H,1-2H3,(H,17,21)(H,18,20);1-2H3;1H4. The molecule has 0 aliphatic heterocycles. The molecule has 0 saturated carbocycles. The van der Waals surface area contributed by atoms with Gasteiger partial charge in [-0.1, -0.05) is 39.5 Å². The normalized spacial score (nSPS) is 9.78. The second kappa shape index (κ2) is 11.0. The molecule has 3 amide bonds. The highest BCUT2D eigenvalue weighted by Crippen LogP contribution is 2.15. The molecule has 2 N–H and O–H groups in total. The molecule has 7 nitrogen and oxygen atoms in total. The number of rotatable bonds is 4. The van der Waals surface area contributed by atoms with Gasteiger partial charge in [-0.15, -0.1) is 0 Å². The molecule has 0 saturated heterocycles. The smallest absolute Gasteiger partial charge is 0.321 e. The van der Waals surface area contributed by atoms with Crippen molar-refractivity contribution in [2.24, 2.45) is 0 Å². The summed E-state index contributed by atoms with van der Waals surface area (Å²) in [6.07, 6.45) is 0. The third-order valence-corrected chi connectivity index (χ3v) is 4.43. The first kappa shape index (κ1) is 24.1. The Morgan fingerprint density at radius 1 is 0.889 bits per heavy atom. The third kappa shape index (κ3) is 7.10. The molecule has 0 bridgehead atoms. The van der Waals surface area contributed by atoms with E-state index < -0.39 is 15.9 Å². The van der Waals surface area contributed by atoms with Gasteiger partial charge in [0.05, 0.1) is 4.90 Å². The van der Waals surface area contributed by atoms with Gasteiger partial charge in [0.15, 0.2) is 0 Å². The van der Waals surface area contributed by atoms with Gasteiger partial charge in [-0.05, 0) is 36.4 Å². The molecule has 0 unspecified atom stereocenters. The Balaban J connectivity index is 0.00000218. The van der Waals surface area contributed by atoms with Crippen LogP contribution in [0.25, 0.3) is 0 Å². The molecule has 0 aromatic heterocycles. The zero-order valence-corrected chi connectivity index (χ0v) is 16.0. The lowest BCUT2D eigenvalue weighted by molar-refractivity contribution is 0.0981. The SMILES string of the molecule is C.CC.CN(C)C(=O)Nc1ccc(S(=O)(=O)NC(=O)c2ccccc2)cc1. The van der Waals surface area contributed by atoms with Gasteiger partial charge in [0.1, 0.15) is 0 Å². The summed E-state index contributed by atoms with van der Waals surface area (Å²) in [6, 6.07) is 13.2. The molecule has 0 spiro atoms. The highest BCUT2D eigenvalue weighted by atomic mass is 32.2. The van der Waals surface area contributed by atoms with Crippen molar-refractivity contribution in [2.75, 3.05) is 19.4 Å². The van der Waals surface area contributed by atoms with Crippen LogP contribution >= 0.6 is 0 Å². The van der Waals surface area contributed by atoms with Crippen molar-refractivity contribution in [1.82, 2.24) is 9.62 Å². The Bertz CT molecular complexity index is 833. The Kier molecular flexibility index (Phi) is 9.81. The Labute approximate surface area is 161 Å². The van der Waals surface area contributed by atoms with E-state index in [4.69, 9.17) is 0 Å². The molecule has 8 heteroatoms. The first-order chi connectivity index (χ1) is 12.3. The Morgan fingerprint density at radius 2 is 1.41 bits per heavy atom. The zero-order valence-electron chi connectivity index (χ0n) is 15.2. The number of sulfonamides is 1. The van der Waals surface area contributed by atoms with Crippen LogP contribution in [0.4, 0.5) is 10.5 Å². The van der Waals surface area contributed by atoms with Crippen LogP contribution in [0, 0.1) is 0 Å². The highest BCUT2D eigenvalue weighted by Gasteiger charge is 2.18. The molecule has 0 heterocycles. The van der Waals surface area contributed by atoms with Gasteiger partial charge in [0.25, 0.3) is 15.9 Å². The summed E-state index contributed by atoms with van der Waals surface area (Å²) in [4.78, 5) is 24.8. The van der Waals surface area contributed by atoms with Gasteiger partial charge >= 0.3 is 6.03 Å². The molecular weight excluding hydrogens is 366 g/mol. The second-order valence-electron chi connectivity index (χ2n) is 5.15. The summed E-state index contributed by atoms with van der Waals surface area (Å²) in [5, 5.41) is 2.59. The predicted molar refractivity (Wildman–Crippen MR) is 108 cm³/mol. The first-order valence-corrected chi connectivity index (χ1v) is 9.48. The quantitative estimate of drug-likeness (QED) is 0.830. The van der Waals surface area contributed by atoms with Crippen molar-refractivity contribution in [3.63, 3.8) is 0 Å². The fraction of sp³-hybridized carbons (Fsp3) is 0.263. The van der Waals surface area contributed by atoms with Crippen molar-refractivity contribution >= 4 is 27.6 Å². The number of carbonyl (C=O) groups is 2. The summed E-state index contributed by atoms with van der Waals surface area (Å²) in [7, 11) is -0.811. The van der Waals surface area contributed by atoms with Crippen LogP contribution in [0.15, 0.2) is 59.5 Å². The van der Waals surface area contributed by atoms with Crippen LogP contribution in [-0.4, -0.2) is 39.4 Å². The molecule has 2 rings (SSSR count). The lowest BCUT2D eigenvalue weighted by Gasteiger charge is -2.12. The number of amides is 3. The highest BCUT2D eigenvalue weighted by molar-refractivity contribution is 7.90. The topological polar surface area (TPSA) is 95.6 Å². The molecule has 2 aromatic rings. The minimum atomic E-state index is -3.99. The van der Waals surface area contributed by atoms with Crippen molar-refractivity contribution in [3.05, 3.63) is 60.2 Å².